The van der Waals surface area contributed by atoms with Crippen LogP contribution in [0.25, 0.3) is 11.3 Å². The lowest BCUT2D eigenvalue weighted by Gasteiger charge is -2.24. The van der Waals surface area contributed by atoms with Gasteiger partial charge in [0.05, 0.1) is 10.6 Å². The molecule has 144 valence electrons. The first kappa shape index (κ1) is 19.8. The Hall–Kier alpha value is -2.97. The minimum absolute atomic E-state index is 0.0198. The number of carbonyl (C=O) groups excluding carboxylic acids is 1. The number of carbonyl (C=O) groups is 1. The largest absolute Gasteiger partial charge is 0.478 e. The molecular formula is C19H16ClN3O4S. The molecule has 0 aliphatic rings. The molecule has 0 bridgehead atoms. The fourth-order valence-corrected chi connectivity index (χ4v) is 3.17. The highest BCUT2D eigenvalue weighted by atomic mass is 35.5. The van der Waals surface area contributed by atoms with E-state index in [4.69, 9.17) is 16.3 Å². The number of anilines is 1. The molecule has 0 fully saturated rings. The first-order chi connectivity index (χ1) is 13.2. The molecule has 1 amide bonds. The second kappa shape index (κ2) is 7.95. The van der Waals surface area contributed by atoms with Crippen LogP contribution in [0, 0.1) is 10.1 Å². The van der Waals surface area contributed by atoms with Crippen LogP contribution in [0.3, 0.4) is 0 Å². The van der Waals surface area contributed by atoms with Crippen LogP contribution >= 0.6 is 22.9 Å². The van der Waals surface area contributed by atoms with Crippen molar-refractivity contribution in [3.63, 3.8) is 0 Å². The molecule has 0 saturated heterocycles. The van der Waals surface area contributed by atoms with Gasteiger partial charge in [-0.3, -0.25) is 20.2 Å². The van der Waals surface area contributed by atoms with Gasteiger partial charge in [0.1, 0.15) is 5.75 Å². The summed E-state index contributed by atoms with van der Waals surface area (Å²) < 4.78 is 5.76. The van der Waals surface area contributed by atoms with E-state index in [9.17, 15) is 14.9 Å². The SMILES string of the molecule is CC(C)(Oc1ccc(Cl)cc1)C(=O)Nc1nc(-c2cccc([N+](=O)[O-])c2)cs1. The molecule has 2 aromatic carbocycles. The Morgan fingerprint density at radius 2 is 1.96 bits per heavy atom. The van der Waals surface area contributed by atoms with Crippen molar-refractivity contribution in [1.29, 1.82) is 0 Å². The van der Waals surface area contributed by atoms with Crippen molar-refractivity contribution < 1.29 is 14.5 Å². The lowest BCUT2D eigenvalue weighted by molar-refractivity contribution is -0.384. The highest BCUT2D eigenvalue weighted by Crippen LogP contribution is 2.28. The van der Waals surface area contributed by atoms with Gasteiger partial charge in [-0.1, -0.05) is 23.7 Å². The number of hydrogen-bond donors (Lipinski definition) is 1. The van der Waals surface area contributed by atoms with Crippen molar-refractivity contribution in [3.05, 3.63) is 69.0 Å². The summed E-state index contributed by atoms with van der Waals surface area (Å²) in [6.07, 6.45) is 0. The highest BCUT2D eigenvalue weighted by molar-refractivity contribution is 7.14. The number of amides is 1. The van der Waals surface area contributed by atoms with Crippen LogP contribution in [0.1, 0.15) is 13.8 Å². The van der Waals surface area contributed by atoms with E-state index in [1.165, 1.54) is 23.5 Å². The Kier molecular flexibility index (Phi) is 5.62. The van der Waals surface area contributed by atoms with E-state index >= 15 is 0 Å². The van der Waals surface area contributed by atoms with E-state index in [0.717, 1.165) is 0 Å². The number of non-ortho nitro benzene ring substituents is 1. The van der Waals surface area contributed by atoms with Crippen LogP contribution in [0.4, 0.5) is 10.8 Å². The smallest absolute Gasteiger partial charge is 0.270 e. The number of nitro benzene ring substituents is 1. The molecule has 0 saturated carbocycles. The highest BCUT2D eigenvalue weighted by Gasteiger charge is 2.30. The van der Waals surface area contributed by atoms with E-state index in [2.05, 4.69) is 10.3 Å². The van der Waals surface area contributed by atoms with E-state index in [1.807, 2.05) is 0 Å². The van der Waals surface area contributed by atoms with E-state index < -0.39 is 10.5 Å². The summed E-state index contributed by atoms with van der Waals surface area (Å²) >= 11 is 7.08. The second-order valence-corrected chi connectivity index (χ2v) is 7.66. The number of aromatic nitrogens is 1. The van der Waals surface area contributed by atoms with Crippen LogP contribution in [0.5, 0.6) is 5.75 Å². The van der Waals surface area contributed by atoms with Gasteiger partial charge in [0.15, 0.2) is 10.7 Å². The zero-order chi connectivity index (χ0) is 20.3. The molecule has 1 N–H and O–H groups in total. The summed E-state index contributed by atoms with van der Waals surface area (Å²) in [6, 6.07) is 12.9. The molecule has 9 heteroatoms. The standard InChI is InChI=1S/C19H16ClN3O4S/c1-19(2,27-15-8-6-13(20)7-9-15)17(24)22-18-21-16(11-28-18)12-4-3-5-14(10-12)23(25)26/h3-11H,1-2H3,(H,21,22,24). The maximum Gasteiger partial charge on any atom is 0.270 e. The molecule has 0 unspecified atom stereocenters. The first-order valence-electron chi connectivity index (χ1n) is 8.21. The van der Waals surface area contributed by atoms with Gasteiger partial charge in [0.25, 0.3) is 11.6 Å². The molecule has 0 spiro atoms. The lowest BCUT2D eigenvalue weighted by Crippen LogP contribution is -2.42. The van der Waals surface area contributed by atoms with Crippen LogP contribution in [-0.2, 0) is 4.79 Å². The third-order valence-electron chi connectivity index (χ3n) is 3.81. The number of hydrogen-bond acceptors (Lipinski definition) is 6. The normalized spacial score (nSPS) is 11.1. The van der Waals surface area contributed by atoms with E-state index in [1.54, 1.807) is 55.6 Å². The Morgan fingerprint density at radius 1 is 1.25 bits per heavy atom. The van der Waals surface area contributed by atoms with Crippen molar-refractivity contribution >= 4 is 39.7 Å². The predicted octanol–water partition coefficient (Wildman–Crippen LogP) is 5.17. The third kappa shape index (κ3) is 4.65. The molecule has 0 aliphatic heterocycles. The van der Waals surface area contributed by atoms with Gasteiger partial charge in [0, 0.05) is 28.1 Å². The number of benzene rings is 2. The van der Waals surface area contributed by atoms with Gasteiger partial charge >= 0.3 is 0 Å². The van der Waals surface area contributed by atoms with Crippen LogP contribution < -0.4 is 10.1 Å². The van der Waals surface area contributed by atoms with Crippen molar-refractivity contribution in [3.8, 4) is 17.0 Å². The molecule has 28 heavy (non-hydrogen) atoms. The Labute approximate surface area is 170 Å². The van der Waals surface area contributed by atoms with Crippen molar-refractivity contribution in [2.24, 2.45) is 0 Å². The number of thiazole rings is 1. The summed E-state index contributed by atoms with van der Waals surface area (Å²) in [6.45, 7) is 3.29. The molecule has 0 atom stereocenters. The van der Waals surface area contributed by atoms with Gasteiger partial charge < -0.3 is 4.74 Å². The van der Waals surface area contributed by atoms with Crippen LogP contribution in [0.2, 0.25) is 5.02 Å². The zero-order valence-electron chi connectivity index (χ0n) is 15.0. The fraction of sp³-hybridized carbons (Fsp3) is 0.158. The average molecular weight is 418 g/mol. The van der Waals surface area contributed by atoms with E-state index in [-0.39, 0.29) is 11.6 Å². The number of nitrogens with one attached hydrogen (secondary N) is 1. The molecule has 3 aromatic rings. The van der Waals surface area contributed by atoms with Gasteiger partial charge in [-0.25, -0.2) is 4.98 Å². The molecule has 7 nitrogen and oxygen atoms in total. The van der Waals surface area contributed by atoms with Gasteiger partial charge in [-0.05, 0) is 38.1 Å². The third-order valence-corrected chi connectivity index (χ3v) is 4.82. The maximum absolute atomic E-state index is 12.6. The minimum atomic E-state index is -1.15. The summed E-state index contributed by atoms with van der Waals surface area (Å²) in [5, 5.41) is 16.3. The summed E-state index contributed by atoms with van der Waals surface area (Å²) in [4.78, 5) is 27.4. The van der Waals surface area contributed by atoms with Crippen LogP contribution in [-0.4, -0.2) is 21.4 Å². The Bertz CT molecular complexity index is 1020. The predicted molar refractivity (Wildman–Crippen MR) is 109 cm³/mol. The maximum atomic E-state index is 12.6. The summed E-state index contributed by atoms with van der Waals surface area (Å²) in [7, 11) is 0. The number of nitro groups is 1. The van der Waals surface area contributed by atoms with Crippen molar-refractivity contribution in [2.45, 2.75) is 19.4 Å². The molecule has 3 rings (SSSR count). The number of nitrogens with zero attached hydrogens (tertiary/aromatic N) is 2. The molecule has 0 aliphatic carbocycles. The van der Waals surface area contributed by atoms with Gasteiger partial charge in [-0.15, -0.1) is 11.3 Å². The molecule has 1 heterocycles. The quantitative estimate of drug-likeness (QED) is 0.441. The first-order valence-corrected chi connectivity index (χ1v) is 9.47. The summed E-state index contributed by atoms with van der Waals surface area (Å²) in [5.41, 5.74) is -0.0257. The second-order valence-electron chi connectivity index (χ2n) is 6.37. The van der Waals surface area contributed by atoms with Crippen molar-refractivity contribution in [2.75, 3.05) is 5.32 Å². The monoisotopic (exact) mass is 417 g/mol. The number of halogens is 1. The van der Waals surface area contributed by atoms with Crippen LogP contribution in [0.15, 0.2) is 53.9 Å². The molecule has 0 radical (unpaired) electrons. The average Bonchev–Trinajstić information content (AvgIpc) is 3.12. The van der Waals surface area contributed by atoms with Gasteiger partial charge in [-0.2, -0.15) is 0 Å². The Morgan fingerprint density at radius 3 is 2.64 bits per heavy atom. The van der Waals surface area contributed by atoms with E-state index in [0.29, 0.717) is 27.2 Å². The zero-order valence-corrected chi connectivity index (χ0v) is 16.6. The Balaban J connectivity index is 1.71. The van der Waals surface area contributed by atoms with Crippen molar-refractivity contribution in [1.82, 2.24) is 4.98 Å². The van der Waals surface area contributed by atoms with Gasteiger partial charge in [0.2, 0.25) is 0 Å². The summed E-state index contributed by atoms with van der Waals surface area (Å²) in [5.74, 6) is 0.142. The topological polar surface area (TPSA) is 94.4 Å². The molecule has 1 aromatic heterocycles. The number of ether oxygens (including phenoxy) is 1. The number of rotatable bonds is 6. The molecular weight excluding hydrogens is 402 g/mol. The minimum Gasteiger partial charge on any atom is -0.478 e. The lowest BCUT2D eigenvalue weighted by atomic mass is 10.1. The fourth-order valence-electron chi connectivity index (χ4n) is 2.33.